The zero-order valence-corrected chi connectivity index (χ0v) is 14.6. The smallest absolute Gasteiger partial charge is 0.138 e. The molecule has 22 heavy (non-hydrogen) atoms. The van der Waals surface area contributed by atoms with E-state index in [9.17, 15) is 0 Å². The van der Waals surface area contributed by atoms with Gasteiger partial charge in [-0.3, -0.25) is 0 Å². The van der Waals surface area contributed by atoms with Gasteiger partial charge in [-0.1, -0.05) is 61.8 Å². The molecule has 0 unspecified atom stereocenters. The Balaban J connectivity index is 0.00000242. The third-order valence-electron chi connectivity index (χ3n) is 3.12. The highest BCUT2D eigenvalue weighted by molar-refractivity contribution is 6.32. The van der Waals surface area contributed by atoms with Crippen molar-refractivity contribution in [2.45, 2.75) is 27.0 Å². The van der Waals surface area contributed by atoms with Crippen LogP contribution in [0.1, 0.15) is 25.0 Å². The molecule has 0 spiro atoms. The first kappa shape index (κ1) is 18.8. The van der Waals surface area contributed by atoms with Crippen LogP contribution in [0.3, 0.4) is 0 Å². The van der Waals surface area contributed by atoms with Crippen molar-refractivity contribution < 1.29 is 4.74 Å². The zero-order valence-electron chi connectivity index (χ0n) is 13.0. The molecule has 2 aromatic rings. The minimum absolute atomic E-state index is 0. The maximum Gasteiger partial charge on any atom is 0.138 e. The molecule has 0 amide bonds. The van der Waals surface area contributed by atoms with Crippen LogP contribution in [0, 0.1) is 5.92 Å². The highest BCUT2D eigenvalue weighted by Crippen LogP contribution is 2.26. The van der Waals surface area contributed by atoms with E-state index in [1.165, 1.54) is 5.56 Å². The molecule has 0 aliphatic rings. The zero-order chi connectivity index (χ0) is 15.1. The standard InChI is InChI=1S/C18H22ClNO.ClH/c1-14(2)11-20-12-16-8-9-18(17(19)10-16)21-13-15-6-4-3-5-7-15;/h3-10,14,20H,11-13H2,1-2H3;1H. The molecule has 0 fully saturated rings. The van der Waals surface area contributed by atoms with Crippen LogP contribution in [0.15, 0.2) is 48.5 Å². The Hall–Kier alpha value is -1.22. The summed E-state index contributed by atoms with van der Waals surface area (Å²) in [6.07, 6.45) is 0. The fraction of sp³-hybridized carbons (Fsp3) is 0.333. The predicted molar refractivity (Wildman–Crippen MR) is 96.0 cm³/mol. The van der Waals surface area contributed by atoms with Crippen LogP contribution in [0.2, 0.25) is 5.02 Å². The Kier molecular flexibility index (Phi) is 8.32. The molecule has 4 heteroatoms. The Labute approximate surface area is 144 Å². The summed E-state index contributed by atoms with van der Waals surface area (Å²) in [5, 5.41) is 4.07. The van der Waals surface area contributed by atoms with E-state index in [-0.39, 0.29) is 12.4 Å². The van der Waals surface area contributed by atoms with Gasteiger partial charge in [-0.05, 0) is 35.7 Å². The topological polar surface area (TPSA) is 21.3 Å². The molecule has 0 aromatic heterocycles. The van der Waals surface area contributed by atoms with Crippen LogP contribution in [0.25, 0.3) is 0 Å². The summed E-state index contributed by atoms with van der Waals surface area (Å²) in [6, 6.07) is 16.0. The third kappa shape index (κ3) is 6.27. The first-order chi connectivity index (χ1) is 10.1. The predicted octanol–water partition coefficient (Wildman–Crippen LogP) is 5.09. The van der Waals surface area contributed by atoms with E-state index in [1.807, 2.05) is 42.5 Å². The Morgan fingerprint density at radius 2 is 1.77 bits per heavy atom. The summed E-state index contributed by atoms with van der Waals surface area (Å²) in [5.41, 5.74) is 2.31. The number of hydrogen-bond donors (Lipinski definition) is 1. The Morgan fingerprint density at radius 1 is 1.05 bits per heavy atom. The van der Waals surface area contributed by atoms with Crippen LogP contribution < -0.4 is 10.1 Å². The molecular formula is C18H23Cl2NO. The molecule has 0 bridgehead atoms. The summed E-state index contributed by atoms with van der Waals surface area (Å²) in [6.45, 7) is 6.76. The van der Waals surface area contributed by atoms with E-state index >= 15 is 0 Å². The molecule has 0 heterocycles. The number of hydrogen-bond acceptors (Lipinski definition) is 2. The number of nitrogens with one attached hydrogen (secondary N) is 1. The van der Waals surface area contributed by atoms with Gasteiger partial charge in [0.25, 0.3) is 0 Å². The third-order valence-corrected chi connectivity index (χ3v) is 3.41. The van der Waals surface area contributed by atoms with Crippen molar-refractivity contribution in [3.8, 4) is 5.75 Å². The molecule has 0 saturated carbocycles. The van der Waals surface area contributed by atoms with Crippen LogP contribution in [0.4, 0.5) is 0 Å². The summed E-state index contributed by atoms with van der Waals surface area (Å²) in [5.74, 6) is 1.38. The first-order valence-corrected chi connectivity index (χ1v) is 7.69. The fourth-order valence-corrected chi connectivity index (χ4v) is 2.27. The van der Waals surface area contributed by atoms with Crippen molar-refractivity contribution in [2.75, 3.05) is 6.54 Å². The molecule has 0 saturated heterocycles. The van der Waals surface area contributed by atoms with Gasteiger partial charge in [0.15, 0.2) is 0 Å². The normalized spacial score (nSPS) is 10.4. The quantitative estimate of drug-likeness (QED) is 0.758. The summed E-state index contributed by atoms with van der Waals surface area (Å²) in [4.78, 5) is 0. The second-order valence-electron chi connectivity index (χ2n) is 5.56. The molecular weight excluding hydrogens is 317 g/mol. The minimum Gasteiger partial charge on any atom is -0.487 e. The van der Waals surface area contributed by atoms with Crippen LogP contribution in [-0.2, 0) is 13.2 Å². The second kappa shape index (κ2) is 9.73. The lowest BCUT2D eigenvalue weighted by atomic mass is 10.2. The van der Waals surface area contributed by atoms with Gasteiger partial charge in [-0.25, -0.2) is 0 Å². The van der Waals surface area contributed by atoms with Gasteiger partial charge in [0.1, 0.15) is 12.4 Å². The Bertz CT molecular complexity index is 558. The van der Waals surface area contributed by atoms with Gasteiger partial charge in [0.05, 0.1) is 5.02 Å². The lowest BCUT2D eigenvalue weighted by Crippen LogP contribution is -2.18. The van der Waals surface area contributed by atoms with E-state index in [1.54, 1.807) is 0 Å². The van der Waals surface area contributed by atoms with Gasteiger partial charge in [-0.2, -0.15) is 0 Å². The number of rotatable bonds is 7. The average molecular weight is 340 g/mol. The van der Waals surface area contributed by atoms with Gasteiger partial charge in [0.2, 0.25) is 0 Å². The average Bonchev–Trinajstić information content (AvgIpc) is 2.47. The van der Waals surface area contributed by atoms with Crippen molar-refractivity contribution in [1.82, 2.24) is 5.32 Å². The molecule has 2 rings (SSSR count). The molecule has 0 aliphatic carbocycles. The molecule has 0 atom stereocenters. The molecule has 0 radical (unpaired) electrons. The van der Waals surface area contributed by atoms with Crippen molar-refractivity contribution in [2.24, 2.45) is 5.92 Å². The van der Waals surface area contributed by atoms with Gasteiger partial charge < -0.3 is 10.1 Å². The molecule has 1 N–H and O–H groups in total. The summed E-state index contributed by atoms with van der Waals surface area (Å²) in [7, 11) is 0. The van der Waals surface area contributed by atoms with Crippen LogP contribution in [-0.4, -0.2) is 6.54 Å². The first-order valence-electron chi connectivity index (χ1n) is 7.31. The van der Waals surface area contributed by atoms with Gasteiger partial charge in [0, 0.05) is 6.54 Å². The van der Waals surface area contributed by atoms with Crippen molar-refractivity contribution in [3.63, 3.8) is 0 Å². The summed E-state index contributed by atoms with van der Waals surface area (Å²) >= 11 is 6.28. The van der Waals surface area contributed by atoms with E-state index in [0.717, 1.165) is 24.4 Å². The fourth-order valence-electron chi connectivity index (χ4n) is 2.01. The lowest BCUT2D eigenvalue weighted by molar-refractivity contribution is 0.306. The largest absolute Gasteiger partial charge is 0.487 e. The monoisotopic (exact) mass is 339 g/mol. The number of ether oxygens (including phenoxy) is 1. The maximum absolute atomic E-state index is 6.28. The van der Waals surface area contributed by atoms with Crippen LogP contribution >= 0.6 is 24.0 Å². The van der Waals surface area contributed by atoms with Gasteiger partial charge in [-0.15, -0.1) is 12.4 Å². The van der Waals surface area contributed by atoms with Crippen molar-refractivity contribution in [1.29, 1.82) is 0 Å². The van der Waals surface area contributed by atoms with E-state index in [4.69, 9.17) is 16.3 Å². The van der Waals surface area contributed by atoms with E-state index < -0.39 is 0 Å². The van der Waals surface area contributed by atoms with Crippen molar-refractivity contribution >= 4 is 24.0 Å². The Morgan fingerprint density at radius 3 is 2.41 bits per heavy atom. The van der Waals surface area contributed by atoms with E-state index in [2.05, 4.69) is 25.2 Å². The molecule has 120 valence electrons. The van der Waals surface area contributed by atoms with Crippen LogP contribution in [0.5, 0.6) is 5.75 Å². The second-order valence-corrected chi connectivity index (χ2v) is 5.97. The molecule has 2 nitrogen and oxygen atoms in total. The van der Waals surface area contributed by atoms with Gasteiger partial charge >= 0.3 is 0 Å². The number of halogens is 2. The SMILES string of the molecule is CC(C)CNCc1ccc(OCc2ccccc2)c(Cl)c1.Cl. The minimum atomic E-state index is 0. The van der Waals surface area contributed by atoms with E-state index in [0.29, 0.717) is 17.5 Å². The maximum atomic E-state index is 6.28. The molecule has 2 aromatic carbocycles. The van der Waals surface area contributed by atoms with Crippen molar-refractivity contribution in [3.05, 3.63) is 64.7 Å². The highest BCUT2D eigenvalue weighted by atomic mass is 35.5. The number of benzene rings is 2. The molecule has 0 aliphatic heterocycles. The summed E-state index contributed by atoms with van der Waals surface area (Å²) < 4.78 is 5.77. The highest BCUT2D eigenvalue weighted by Gasteiger charge is 2.04. The lowest BCUT2D eigenvalue weighted by Gasteiger charge is -2.11.